The van der Waals surface area contributed by atoms with Gasteiger partial charge in [-0.15, -0.1) is 0 Å². The number of rotatable bonds is 15. The SMILES string of the molecule is C=CO.CCc1ccc2c(c1)c(=O)c(C(=O)Cc1ccc(Oc3ccnc4occ(-c5ccccc5)c34)c(F)c1)c(C)n2C.Clc1ncnc2occ(-c3ccccc3)c12.N#CCC#N.N#Cc1c(-c2ccccc2)coc1N.Nc1ccc(O)c(F)c1.Nc1ccc(Oc2ncnc3occ(-c4ccccc4)c23)c(F)c1.O=C(CO)c1ccccc1.O=c1[nH]cnc2occ(-c3ccccc3)c12. The summed E-state index contributed by atoms with van der Waals surface area (Å²) in [6, 6.07) is 82.1. The molecule has 0 saturated heterocycles. The molecule has 10 heterocycles. The normalized spacial score (nSPS) is 10.3. The molecule has 28 nitrogen and oxygen atoms in total. The maximum absolute atomic E-state index is 15.3. The van der Waals surface area contributed by atoms with Crippen molar-refractivity contribution < 1.29 is 69.6 Å². The molecule has 10 N–H and O–H groups in total. The molecule has 32 heteroatoms. The van der Waals surface area contributed by atoms with E-state index < -0.39 is 24.1 Å². The van der Waals surface area contributed by atoms with E-state index in [2.05, 4.69) is 41.5 Å². The Morgan fingerprint density at radius 1 is 0.522 bits per heavy atom. The van der Waals surface area contributed by atoms with Crippen LogP contribution in [0.5, 0.6) is 28.9 Å². The molecule has 0 aliphatic rings. The number of benzene rings is 10. The summed E-state index contributed by atoms with van der Waals surface area (Å²) in [5, 5.41) is 51.8. The van der Waals surface area contributed by atoms with Gasteiger partial charge in [-0.2, -0.15) is 15.8 Å². The number of aromatic amines is 1. The zero-order valence-corrected chi connectivity index (χ0v) is 74.4. The maximum atomic E-state index is 15.3. The van der Waals surface area contributed by atoms with Gasteiger partial charge in [0, 0.05) is 93.7 Å². The summed E-state index contributed by atoms with van der Waals surface area (Å²) in [5.41, 5.74) is 30.6. The average Bonchev–Trinajstić information content (AvgIpc) is 1.19. The minimum atomic E-state index is -0.685. The van der Waals surface area contributed by atoms with Crippen molar-refractivity contribution in [3.63, 3.8) is 0 Å². The molecule has 0 saturated carbocycles. The molecule has 10 aromatic heterocycles. The Bertz CT molecular complexity index is 7870. The molecule has 0 atom stereocenters. The number of nitrogens with one attached hydrogen (secondary N) is 1. The number of Topliss-reactive ketones (excluding diaryl/α,β-unsaturated/α-hetero) is 2. The van der Waals surface area contributed by atoms with Gasteiger partial charge in [-0.05, 0) is 101 Å². The monoisotopic (exact) mass is 1870 g/mol. The summed E-state index contributed by atoms with van der Waals surface area (Å²) in [6.07, 6.45) is 14.9. The van der Waals surface area contributed by atoms with Gasteiger partial charge >= 0.3 is 0 Å². The summed E-state index contributed by atoms with van der Waals surface area (Å²) in [5.74, 6) is -2.02. The Hall–Kier alpha value is -18.8. The van der Waals surface area contributed by atoms with Gasteiger partial charge in [-0.1, -0.05) is 219 Å². The summed E-state index contributed by atoms with van der Waals surface area (Å²) in [7, 11) is 1.84. The summed E-state index contributed by atoms with van der Waals surface area (Å²) < 4.78 is 81.8. The van der Waals surface area contributed by atoms with E-state index in [1.807, 2.05) is 201 Å². The molecule has 0 unspecified atom stereocenters. The second-order valence-electron chi connectivity index (χ2n) is 29.2. The number of ether oxygens (including phenoxy) is 2. The largest absolute Gasteiger partial charge is 0.516 e. The van der Waals surface area contributed by atoms with E-state index in [-0.39, 0.29) is 70.0 Å². The van der Waals surface area contributed by atoms with Gasteiger partial charge < -0.3 is 73.6 Å². The van der Waals surface area contributed by atoms with Crippen LogP contribution in [0.4, 0.5) is 30.4 Å². The van der Waals surface area contributed by atoms with Crippen LogP contribution in [0.3, 0.4) is 0 Å². The summed E-state index contributed by atoms with van der Waals surface area (Å²) in [4.78, 5) is 76.2. The van der Waals surface area contributed by atoms with Crippen molar-refractivity contribution in [2.24, 2.45) is 7.05 Å². The number of aliphatic hydroxyl groups is 2. The highest BCUT2D eigenvalue weighted by atomic mass is 35.5. The first kappa shape index (κ1) is 98.3. The van der Waals surface area contributed by atoms with Crippen LogP contribution in [0.1, 0.15) is 56.4 Å². The molecule has 688 valence electrons. The van der Waals surface area contributed by atoms with Crippen LogP contribution in [0.2, 0.25) is 5.15 Å². The second-order valence-corrected chi connectivity index (χ2v) is 29.5. The van der Waals surface area contributed by atoms with Gasteiger partial charge in [0.05, 0.1) is 46.6 Å². The highest BCUT2D eigenvalue weighted by Gasteiger charge is 2.24. The van der Waals surface area contributed by atoms with Crippen molar-refractivity contribution in [2.45, 2.75) is 33.1 Å². The zero-order valence-electron chi connectivity index (χ0n) is 73.7. The lowest BCUT2D eigenvalue weighted by atomic mass is 9.98. The maximum Gasteiger partial charge on any atom is 0.262 e. The van der Waals surface area contributed by atoms with E-state index in [0.29, 0.717) is 89.1 Å². The molecule has 0 fully saturated rings. The van der Waals surface area contributed by atoms with Crippen molar-refractivity contribution in [3.05, 3.63) is 407 Å². The number of aliphatic hydroxyl groups excluding tert-OH is 2. The molecule has 20 rings (SSSR count). The van der Waals surface area contributed by atoms with Crippen LogP contribution in [0.15, 0.2) is 362 Å². The fourth-order valence-corrected chi connectivity index (χ4v) is 13.9. The molecule has 0 radical (unpaired) electrons. The number of nitrogens with zero attached hydrogens (tertiary/aromatic N) is 10. The number of furan rings is 5. The van der Waals surface area contributed by atoms with E-state index in [0.717, 1.165) is 90.9 Å². The number of carbonyl (C=O) groups is 2. The number of aryl methyl sites for hydroxylation is 2. The number of pyridine rings is 2. The first-order valence-corrected chi connectivity index (χ1v) is 42.1. The molecule has 138 heavy (non-hydrogen) atoms. The third-order valence-electron chi connectivity index (χ3n) is 20.4. The van der Waals surface area contributed by atoms with Crippen LogP contribution < -0.4 is 37.7 Å². The number of carbonyl (C=O) groups excluding carboxylic acids is 2. The van der Waals surface area contributed by atoms with Crippen LogP contribution in [0.25, 0.3) is 111 Å². The number of ketones is 2. The van der Waals surface area contributed by atoms with Crippen molar-refractivity contribution in [1.29, 1.82) is 15.8 Å². The number of H-pyrrole nitrogens is 1. The van der Waals surface area contributed by atoms with E-state index in [1.165, 1.54) is 67.8 Å². The van der Waals surface area contributed by atoms with Crippen molar-refractivity contribution in [2.75, 3.05) is 23.8 Å². The highest BCUT2D eigenvalue weighted by Crippen LogP contribution is 2.41. The Labute approximate surface area is 789 Å². The molecular weight excluding hydrogens is 1790 g/mol. The molecule has 0 spiro atoms. The van der Waals surface area contributed by atoms with Crippen molar-refractivity contribution in [1.82, 2.24) is 39.5 Å². The first-order chi connectivity index (χ1) is 67.0. The molecule has 10 aromatic carbocycles. The number of nitrogen functional groups attached to an aromatic ring is 3. The lowest BCUT2D eigenvalue weighted by molar-refractivity contribution is 0.0903. The molecule has 0 bridgehead atoms. The molecular formula is C106H82ClF3N14O14. The quantitative estimate of drug-likeness (QED) is 0.0165. The second kappa shape index (κ2) is 47.9. The lowest BCUT2D eigenvalue weighted by Gasteiger charge is -2.15. The molecule has 0 aliphatic heterocycles. The van der Waals surface area contributed by atoms with Crippen molar-refractivity contribution >= 4 is 95.7 Å². The van der Waals surface area contributed by atoms with Crippen LogP contribution in [0, 0.1) is 58.4 Å². The zero-order chi connectivity index (χ0) is 98.2. The Morgan fingerprint density at radius 3 is 1.49 bits per heavy atom. The fourth-order valence-electron chi connectivity index (χ4n) is 13.7. The number of aromatic nitrogens is 8. The number of hydrogen-bond acceptors (Lipinski definition) is 26. The topological polar surface area (TPSA) is 461 Å². The number of phenols is 1. The molecule has 20 aromatic rings. The fraction of sp³-hybridized carbons (Fsp3) is 0.0660. The number of phenolic OH excluding ortho intramolecular Hbond substituents is 1. The number of fused-ring (bicyclic) bond motifs is 5. The number of aromatic hydroxyl groups is 1. The standard InChI is InChI=1S/C34H27FN2O4.C18H12FN3O2.C12H7ClN2O.C12H8N2O2.C11H8N2O.C8H8O2.C6H6FNO.C3H2N2.C2H4O/c1-4-21-10-12-27-24(16-21)33(39)31(20(2)37(27)3)28(38)18-22-11-13-29(26(35)17-22)41-30-14-15-36-34-32(30)25(19-40-34)23-8-6-5-7-9-23;19-14-8-12(20)6-7-15(14)24-18-16-13(11-4-2-1-3-5-11)9-23-17(16)21-10-22-18;13-11-10-9(8-4-2-1-3-5-8)6-16-12(10)15-7-14-11;15-11-10-9(8-4-2-1-3-5-8)6-16-12(10)14-7-13-11;12-6-9-10(7-14-11(9)13)8-4-2-1-3-5-8;9-6-8(10)7-4-2-1-3-5-7;7-5-3-4(8)1-2-6(5)9;4-2-1-3-5;1-2-3/h5-17,19H,4,18H2,1-3H3;1-10H,20H2;1-7H;1-7H,(H,13,14,15);1-5,7H,13H2;1-5,9H,6H2;1-3,9H,8H2;1H2;2-3H,1H2. The average molecular weight is 1870 g/mol. The highest BCUT2D eigenvalue weighted by molar-refractivity contribution is 6.35. The van der Waals surface area contributed by atoms with E-state index >= 15 is 4.39 Å². The van der Waals surface area contributed by atoms with E-state index in [1.54, 1.807) is 86.6 Å². The van der Waals surface area contributed by atoms with Gasteiger partial charge in [0.15, 0.2) is 51.7 Å². The van der Waals surface area contributed by atoms with Crippen LogP contribution in [-0.4, -0.2) is 72.9 Å². The third kappa shape index (κ3) is 24.5. The first-order valence-electron chi connectivity index (χ1n) is 41.7. The van der Waals surface area contributed by atoms with Gasteiger partial charge in [0.25, 0.3) is 5.56 Å². The minimum Gasteiger partial charge on any atom is -0.516 e. The number of anilines is 3. The van der Waals surface area contributed by atoms with Gasteiger partial charge in [0.1, 0.15) is 90.3 Å². The third-order valence-corrected chi connectivity index (χ3v) is 20.7. The number of halogens is 4. The summed E-state index contributed by atoms with van der Waals surface area (Å²) >= 11 is 6.04. The molecule has 0 aliphatic carbocycles. The predicted octanol–water partition coefficient (Wildman–Crippen LogP) is 23.2. The summed E-state index contributed by atoms with van der Waals surface area (Å²) in [6.45, 7) is 6.28. The van der Waals surface area contributed by atoms with Crippen LogP contribution in [-0.2, 0) is 19.9 Å². The molecule has 0 amide bonds. The predicted molar refractivity (Wildman–Crippen MR) is 520 cm³/mol. The van der Waals surface area contributed by atoms with E-state index in [4.69, 9.17) is 91.5 Å². The van der Waals surface area contributed by atoms with Gasteiger partial charge in [-0.3, -0.25) is 19.2 Å². The van der Waals surface area contributed by atoms with Gasteiger partial charge in [-0.25, -0.2) is 43.1 Å². The van der Waals surface area contributed by atoms with Gasteiger partial charge in [0.2, 0.25) is 34.6 Å². The lowest BCUT2D eigenvalue weighted by Crippen LogP contribution is -2.23. The number of nitriles is 3. The van der Waals surface area contributed by atoms with Crippen molar-refractivity contribution in [3.8, 4) is 103 Å². The number of hydrogen-bond donors (Lipinski definition) is 7. The smallest absolute Gasteiger partial charge is 0.262 e. The number of nitrogens with two attached hydrogens (primary N) is 3. The Balaban J connectivity index is 0.000000151. The van der Waals surface area contributed by atoms with E-state index in [9.17, 15) is 28.0 Å². The van der Waals surface area contributed by atoms with Crippen LogP contribution >= 0.6 is 11.6 Å². The Morgan fingerprint density at radius 2 is 0.978 bits per heavy atom. The Kier molecular flexibility index (Phi) is 34.1. The minimum absolute atomic E-state index is 0.